The minimum Gasteiger partial charge on any atom is -0.390 e. The van der Waals surface area contributed by atoms with Gasteiger partial charge in [-0.1, -0.05) is 40.8 Å². The average Bonchev–Trinajstić information content (AvgIpc) is 3.49. The Morgan fingerprint density at radius 1 is 1.04 bits per heavy atom. The number of imidazole rings is 1. The largest absolute Gasteiger partial charge is 0.416 e. The molecule has 4 aromatic rings. The molecule has 2 aromatic heterocycles. The highest BCUT2D eigenvalue weighted by molar-refractivity contribution is 14.1. The SMILES string of the molecule is Cn1c(=O)n(C2CCN(C[C@H](O)Cn3nc(-c4ccc(C(F)(F)F)cc4)c4c3CCN(S(C)(=O)=O)C4)CC2)c2cc(CI)ccc21. The highest BCUT2D eigenvalue weighted by Crippen LogP contribution is 2.35. The number of piperidine rings is 1. The fraction of sp³-hybridized carbons (Fsp3) is 0.484. The molecule has 248 valence electrons. The van der Waals surface area contributed by atoms with Crippen molar-refractivity contribution in [3.8, 4) is 11.3 Å². The van der Waals surface area contributed by atoms with E-state index < -0.39 is 27.9 Å². The van der Waals surface area contributed by atoms with E-state index in [0.717, 1.165) is 52.4 Å². The lowest BCUT2D eigenvalue weighted by Gasteiger charge is -2.33. The van der Waals surface area contributed by atoms with Gasteiger partial charge < -0.3 is 10.0 Å². The molecule has 2 aromatic carbocycles. The first-order valence-corrected chi connectivity index (χ1v) is 18.5. The summed E-state index contributed by atoms with van der Waals surface area (Å²) in [7, 11) is -1.70. The Morgan fingerprint density at radius 2 is 1.74 bits per heavy atom. The summed E-state index contributed by atoms with van der Waals surface area (Å²) in [4.78, 5) is 15.4. The van der Waals surface area contributed by atoms with Gasteiger partial charge in [-0.2, -0.15) is 22.6 Å². The zero-order valence-electron chi connectivity index (χ0n) is 25.5. The molecule has 4 heterocycles. The van der Waals surface area contributed by atoms with E-state index in [1.54, 1.807) is 16.3 Å². The Bertz CT molecular complexity index is 1910. The molecule has 0 aliphatic carbocycles. The van der Waals surface area contributed by atoms with Crippen LogP contribution in [-0.4, -0.2) is 80.2 Å². The summed E-state index contributed by atoms with van der Waals surface area (Å²) in [5, 5.41) is 15.9. The van der Waals surface area contributed by atoms with Crippen molar-refractivity contribution in [3.63, 3.8) is 0 Å². The van der Waals surface area contributed by atoms with E-state index in [2.05, 4.69) is 33.6 Å². The molecule has 46 heavy (non-hydrogen) atoms. The van der Waals surface area contributed by atoms with Crippen molar-refractivity contribution < 1.29 is 26.7 Å². The smallest absolute Gasteiger partial charge is 0.390 e. The van der Waals surface area contributed by atoms with E-state index in [4.69, 9.17) is 5.10 Å². The molecule has 0 unspecified atom stereocenters. The first kappa shape index (κ1) is 33.2. The molecule has 2 aliphatic heterocycles. The Kier molecular flexibility index (Phi) is 9.17. The van der Waals surface area contributed by atoms with E-state index in [-0.39, 0.29) is 31.4 Å². The van der Waals surface area contributed by atoms with E-state index in [0.29, 0.717) is 42.9 Å². The molecule has 0 amide bonds. The molecule has 15 heteroatoms. The highest BCUT2D eigenvalue weighted by Gasteiger charge is 2.33. The Labute approximate surface area is 278 Å². The summed E-state index contributed by atoms with van der Waals surface area (Å²) in [6.45, 7) is 2.25. The maximum Gasteiger partial charge on any atom is 0.416 e. The summed E-state index contributed by atoms with van der Waals surface area (Å²) >= 11 is 2.32. The molecule has 1 N–H and O–H groups in total. The third-order valence-electron chi connectivity index (χ3n) is 9.14. The summed E-state index contributed by atoms with van der Waals surface area (Å²) in [6, 6.07) is 10.9. The summed E-state index contributed by atoms with van der Waals surface area (Å²) < 4.78 is 71.7. The third-order valence-corrected chi connectivity index (χ3v) is 11.3. The van der Waals surface area contributed by atoms with Crippen molar-refractivity contribution in [3.05, 3.63) is 75.3 Å². The molecule has 1 atom stereocenters. The number of rotatable bonds is 8. The Balaban J connectivity index is 1.17. The molecule has 2 aliphatic rings. The van der Waals surface area contributed by atoms with Crippen LogP contribution in [0.2, 0.25) is 0 Å². The van der Waals surface area contributed by atoms with Crippen molar-refractivity contribution in [1.82, 2.24) is 28.1 Å². The van der Waals surface area contributed by atoms with Crippen LogP contribution >= 0.6 is 22.6 Å². The topological polar surface area (TPSA) is 106 Å². The molecule has 0 spiro atoms. The second kappa shape index (κ2) is 12.7. The number of aliphatic hydroxyl groups excluding tert-OH is 1. The van der Waals surface area contributed by atoms with Gasteiger partial charge in [-0.25, -0.2) is 13.2 Å². The van der Waals surface area contributed by atoms with Crippen molar-refractivity contribution in [2.75, 3.05) is 32.4 Å². The van der Waals surface area contributed by atoms with Crippen LogP contribution < -0.4 is 5.69 Å². The van der Waals surface area contributed by atoms with Gasteiger partial charge in [0.05, 0.1) is 41.2 Å². The normalized spacial score (nSPS) is 17.9. The van der Waals surface area contributed by atoms with Crippen LogP contribution in [0.15, 0.2) is 47.3 Å². The number of alkyl halides is 4. The van der Waals surface area contributed by atoms with Crippen LogP contribution in [0, 0.1) is 0 Å². The zero-order chi connectivity index (χ0) is 33.0. The number of nitrogens with zero attached hydrogens (tertiary/aromatic N) is 6. The number of β-amino-alcohol motifs (C(OH)–C–C–N with tert-alkyl or cyclic N) is 1. The van der Waals surface area contributed by atoms with Gasteiger partial charge in [0, 0.05) is 73.5 Å². The van der Waals surface area contributed by atoms with Crippen LogP contribution in [0.25, 0.3) is 22.3 Å². The number of aryl methyl sites for hydroxylation is 1. The Morgan fingerprint density at radius 3 is 2.37 bits per heavy atom. The predicted octanol–water partition coefficient (Wildman–Crippen LogP) is 4.17. The van der Waals surface area contributed by atoms with E-state index in [1.165, 1.54) is 22.0 Å². The summed E-state index contributed by atoms with van der Waals surface area (Å²) in [6.07, 6.45) is -2.25. The van der Waals surface area contributed by atoms with E-state index >= 15 is 0 Å². The molecular weight excluding hydrogens is 736 g/mol. The average molecular weight is 773 g/mol. The number of halogens is 4. The van der Waals surface area contributed by atoms with Crippen LogP contribution in [0.4, 0.5) is 13.2 Å². The van der Waals surface area contributed by atoms with Gasteiger partial charge in [-0.05, 0) is 42.7 Å². The maximum atomic E-state index is 13.2. The number of aromatic nitrogens is 4. The predicted molar refractivity (Wildman–Crippen MR) is 177 cm³/mol. The maximum absolute atomic E-state index is 13.2. The van der Waals surface area contributed by atoms with Gasteiger partial charge >= 0.3 is 11.9 Å². The van der Waals surface area contributed by atoms with E-state index in [1.807, 2.05) is 16.7 Å². The number of hydrogen-bond acceptors (Lipinski definition) is 6. The second-order valence-corrected chi connectivity index (χ2v) is 15.0. The first-order chi connectivity index (χ1) is 21.7. The molecule has 0 radical (unpaired) electrons. The van der Waals surface area contributed by atoms with Crippen molar-refractivity contribution >= 4 is 43.6 Å². The molecule has 1 saturated heterocycles. The lowest BCUT2D eigenvalue weighted by molar-refractivity contribution is -0.137. The van der Waals surface area contributed by atoms with E-state index in [9.17, 15) is 31.5 Å². The monoisotopic (exact) mass is 772 g/mol. The quantitative estimate of drug-likeness (QED) is 0.213. The second-order valence-electron chi connectivity index (χ2n) is 12.2. The van der Waals surface area contributed by atoms with Gasteiger partial charge in [0.25, 0.3) is 0 Å². The standard InChI is InChI=1S/C31H36F3IN6O4S/c1-37-27-8-3-20(16-35)15-28(27)41(30(37)43)23-9-12-38(13-10-23)17-24(42)18-40-26-11-14-39(46(2,44)45)19-25(26)29(36-40)21-4-6-22(7-5-21)31(32,33)34/h3-8,15,23-24,42H,9-14,16-19H2,1-2H3/t24-/m0/s1. The number of benzene rings is 2. The van der Waals surface area contributed by atoms with Crippen LogP contribution in [0.3, 0.4) is 0 Å². The molecule has 0 saturated carbocycles. The number of fused-ring (bicyclic) bond motifs is 2. The van der Waals surface area contributed by atoms with Gasteiger partial charge in [-0.3, -0.25) is 13.8 Å². The van der Waals surface area contributed by atoms with Gasteiger partial charge in [0.1, 0.15) is 0 Å². The highest BCUT2D eigenvalue weighted by atomic mass is 127. The minimum absolute atomic E-state index is 0.0270. The van der Waals surface area contributed by atoms with Crippen molar-refractivity contribution in [2.45, 2.75) is 55.1 Å². The Hall–Kier alpha value is -2.73. The number of aliphatic hydroxyl groups is 1. The third kappa shape index (κ3) is 6.53. The van der Waals surface area contributed by atoms with Crippen LogP contribution in [0.5, 0.6) is 0 Å². The minimum atomic E-state index is -4.48. The zero-order valence-corrected chi connectivity index (χ0v) is 28.5. The number of hydrogen-bond donors (Lipinski definition) is 1. The molecule has 1 fully saturated rings. The lowest BCUT2D eigenvalue weighted by atomic mass is 10.0. The molecular formula is C31H36F3IN6O4S. The number of likely N-dealkylation sites (tertiary alicyclic amines) is 1. The lowest BCUT2D eigenvalue weighted by Crippen LogP contribution is -2.42. The van der Waals surface area contributed by atoms with Gasteiger partial charge in [0.15, 0.2) is 0 Å². The van der Waals surface area contributed by atoms with Crippen LogP contribution in [-0.2, 0) is 47.2 Å². The molecule has 10 nitrogen and oxygen atoms in total. The van der Waals surface area contributed by atoms with Gasteiger partial charge in [-0.15, -0.1) is 0 Å². The van der Waals surface area contributed by atoms with Crippen LogP contribution in [0.1, 0.15) is 41.3 Å². The number of sulfonamides is 1. The summed E-state index contributed by atoms with van der Waals surface area (Å²) in [5.74, 6) is 0. The fourth-order valence-corrected chi connectivity index (χ4v) is 7.97. The summed E-state index contributed by atoms with van der Waals surface area (Å²) in [5.41, 5.74) is 4.48. The first-order valence-electron chi connectivity index (χ1n) is 15.1. The fourth-order valence-electron chi connectivity index (χ4n) is 6.71. The van der Waals surface area contributed by atoms with Gasteiger partial charge in [0.2, 0.25) is 10.0 Å². The molecule has 0 bridgehead atoms. The van der Waals surface area contributed by atoms with Crippen molar-refractivity contribution in [2.24, 2.45) is 7.05 Å². The van der Waals surface area contributed by atoms with Crippen molar-refractivity contribution in [1.29, 1.82) is 0 Å². The molecule has 6 rings (SSSR count).